The average molecular weight is 322 g/mol. The Bertz CT molecular complexity index is 679. The SMILES string of the molecule is O=C(N[C@H](Cc1ccccc1)C(=O)N1CCCC1)c1ccccc1. The number of hydrogen-bond donors (Lipinski definition) is 1. The highest BCUT2D eigenvalue weighted by Gasteiger charge is 2.28. The van der Waals surface area contributed by atoms with Gasteiger partial charge in [-0.1, -0.05) is 48.5 Å². The highest BCUT2D eigenvalue weighted by atomic mass is 16.2. The van der Waals surface area contributed by atoms with Gasteiger partial charge in [-0.2, -0.15) is 0 Å². The number of amides is 2. The molecule has 4 heteroatoms. The molecule has 1 saturated heterocycles. The van der Waals surface area contributed by atoms with Crippen LogP contribution in [0.4, 0.5) is 0 Å². The summed E-state index contributed by atoms with van der Waals surface area (Å²) in [5, 5.41) is 2.93. The minimum atomic E-state index is -0.529. The van der Waals surface area contributed by atoms with Crippen molar-refractivity contribution in [2.75, 3.05) is 13.1 Å². The first-order valence-corrected chi connectivity index (χ1v) is 8.42. The molecule has 1 N–H and O–H groups in total. The summed E-state index contributed by atoms with van der Waals surface area (Å²) in [6.45, 7) is 1.57. The van der Waals surface area contributed by atoms with Crippen molar-refractivity contribution in [3.05, 3.63) is 71.8 Å². The van der Waals surface area contributed by atoms with Gasteiger partial charge in [0.05, 0.1) is 0 Å². The van der Waals surface area contributed by atoms with E-state index in [1.54, 1.807) is 12.1 Å². The van der Waals surface area contributed by atoms with Crippen LogP contribution in [0.5, 0.6) is 0 Å². The summed E-state index contributed by atoms with van der Waals surface area (Å²) in [5.74, 6) is -0.190. The number of carbonyl (C=O) groups is 2. The summed E-state index contributed by atoms with van der Waals surface area (Å²) in [6, 6.07) is 18.3. The molecule has 1 heterocycles. The first kappa shape index (κ1) is 16.2. The molecule has 2 aromatic carbocycles. The van der Waals surface area contributed by atoms with Crippen molar-refractivity contribution >= 4 is 11.8 Å². The summed E-state index contributed by atoms with van der Waals surface area (Å²) in [7, 11) is 0. The Morgan fingerprint density at radius 2 is 1.50 bits per heavy atom. The monoisotopic (exact) mass is 322 g/mol. The van der Waals surface area contributed by atoms with Crippen LogP contribution >= 0.6 is 0 Å². The van der Waals surface area contributed by atoms with Crippen LogP contribution in [0.25, 0.3) is 0 Å². The second kappa shape index (κ2) is 7.77. The van der Waals surface area contributed by atoms with E-state index in [0.717, 1.165) is 31.5 Å². The smallest absolute Gasteiger partial charge is 0.251 e. The van der Waals surface area contributed by atoms with Gasteiger partial charge in [-0.25, -0.2) is 0 Å². The zero-order chi connectivity index (χ0) is 16.8. The quantitative estimate of drug-likeness (QED) is 0.920. The van der Waals surface area contributed by atoms with Crippen molar-refractivity contribution in [1.82, 2.24) is 10.2 Å². The minimum absolute atomic E-state index is 0.0145. The number of rotatable bonds is 5. The second-order valence-corrected chi connectivity index (χ2v) is 6.11. The van der Waals surface area contributed by atoms with Crippen LogP contribution in [-0.4, -0.2) is 35.8 Å². The van der Waals surface area contributed by atoms with E-state index < -0.39 is 6.04 Å². The van der Waals surface area contributed by atoms with Crippen molar-refractivity contribution in [2.24, 2.45) is 0 Å². The third-order valence-corrected chi connectivity index (χ3v) is 4.34. The predicted octanol–water partition coefficient (Wildman–Crippen LogP) is 2.65. The van der Waals surface area contributed by atoms with Crippen molar-refractivity contribution < 1.29 is 9.59 Å². The lowest BCUT2D eigenvalue weighted by Crippen LogP contribution is -2.49. The largest absolute Gasteiger partial charge is 0.341 e. The molecule has 1 aliphatic heterocycles. The summed E-state index contributed by atoms with van der Waals surface area (Å²) >= 11 is 0. The number of nitrogens with one attached hydrogen (secondary N) is 1. The Kier molecular flexibility index (Phi) is 5.26. The van der Waals surface area contributed by atoms with Gasteiger partial charge in [0.15, 0.2) is 0 Å². The van der Waals surface area contributed by atoms with Gasteiger partial charge in [-0.05, 0) is 30.5 Å². The third-order valence-electron chi connectivity index (χ3n) is 4.34. The molecular formula is C20H22N2O2. The number of nitrogens with zero attached hydrogens (tertiary/aromatic N) is 1. The Hall–Kier alpha value is -2.62. The number of carbonyl (C=O) groups excluding carboxylic acids is 2. The maximum Gasteiger partial charge on any atom is 0.251 e. The maximum absolute atomic E-state index is 12.8. The van der Waals surface area contributed by atoms with E-state index in [9.17, 15) is 9.59 Å². The first-order valence-electron chi connectivity index (χ1n) is 8.42. The Morgan fingerprint density at radius 3 is 2.12 bits per heavy atom. The van der Waals surface area contributed by atoms with Crippen LogP contribution in [0, 0.1) is 0 Å². The third kappa shape index (κ3) is 4.02. The molecule has 1 aliphatic rings. The molecule has 2 aromatic rings. The van der Waals surface area contributed by atoms with Gasteiger partial charge in [0.1, 0.15) is 6.04 Å². The molecule has 124 valence electrons. The van der Waals surface area contributed by atoms with Gasteiger partial charge in [-0.15, -0.1) is 0 Å². The molecule has 24 heavy (non-hydrogen) atoms. The van der Waals surface area contributed by atoms with E-state index in [4.69, 9.17) is 0 Å². The highest BCUT2D eigenvalue weighted by Crippen LogP contribution is 2.13. The Labute approximate surface area is 142 Å². The fourth-order valence-corrected chi connectivity index (χ4v) is 3.04. The first-order chi connectivity index (χ1) is 11.7. The van der Waals surface area contributed by atoms with Gasteiger partial charge in [0.25, 0.3) is 5.91 Å². The van der Waals surface area contributed by atoms with Crippen LogP contribution in [-0.2, 0) is 11.2 Å². The molecule has 2 amide bonds. The number of likely N-dealkylation sites (tertiary alicyclic amines) is 1. The van der Waals surface area contributed by atoms with E-state index in [2.05, 4.69) is 5.32 Å². The maximum atomic E-state index is 12.8. The highest BCUT2D eigenvalue weighted by molar-refractivity contribution is 5.97. The molecule has 1 atom stereocenters. The Morgan fingerprint density at radius 1 is 0.917 bits per heavy atom. The molecule has 0 aliphatic carbocycles. The van der Waals surface area contributed by atoms with Gasteiger partial charge in [0.2, 0.25) is 5.91 Å². The zero-order valence-electron chi connectivity index (χ0n) is 13.7. The second-order valence-electron chi connectivity index (χ2n) is 6.11. The molecule has 4 nitrogen and oxygen atoms in total. The van der Waals surface area contributed by atoms with E-state index in [-0.39, 0.29) is 11.8 Å². The summed E-state index contributed by atoms with van der Waals surface area (Å²) < 4.78 is 0. The molecule has 0 bridgehead atoms. The fraction of sp³-hybridized carbons (Fsp3) is 0.300. The number of hydrogen-bond acceptors (Lipinski definition) is 2. The normalized spacial score (nSPS) is 15.1. The van der Waals surface area contributed by atoms with E-state index in [1.165, 1.54) is 0 Å². The van der Waals surface area contributed by atoms with Gasteiger partial charge < -0.3 is 10.2 Å². The average Bonchev–Trinajstić information content (AvgIpc) is 3.17. The minimum Gasteiger partial charge on any atom is -0.341 e. The van der Waals surface area contributed by atoms with Crippen molar-refractivity contribution in [3.63, 3.8) is 0 Å². The summed E-state index contributed by atoms with van der Waals surface area (Å²) in [4.78, 5) is 27.2. The van der Waals surface area contributed by atoms with E-state index in [0.29, 0.717) is 12.0 Å². The predicted molar refractivity (Wildman–Crippen MR) is 93.7 cm³/mol. The standard InChI is InChI=1S/C20H22N2O2/c23-19(17-11-5-2-6-12-17)21-18(15-16-9-3-1-4-10-16)20(24)22-13-7-8-14-22/h1-6,9-12,18H,7-8,13-15H2,(H,21,23)/t18-/m1/s1. The Balaban J connectivity index is 1.76. The lowest BCUT2D eigenvalue weighted by Gasteiger charge is -2.24. The zero-order valence-corrected chi connectivity index (χ0v) is 13.7. The van der Waals surface area contributed by atoms with E-state index >= 15 is 0 Å². The lowest BCUT2D eigenvalue weighted by atomic mass is 10.0. The topological polar surface area (TPSA) is 49.4 Å². The van der Waals surface area contributed by atoms with Crippen LogP contribution in [0.2, 0.25) is 0 Å². The molecule has 0 spiro atoms. The van der Waals surface area contributed by atoms with Crippen LogP contribution in [0.1, 0.15) is 28.8 Å². The molecule has 0 aromatic heterocycles. The number of benzene rings is 2. The summed E-state index contributed by atoms with van der Waals surface area (Å²) in [6.07, 6.45) is 2.58. The molecular weight excluding hydrogens is 300 g/mol. The van der Waals surface area contributed by atoms with Crippen molar-refractivity contribution in [2.45, 2.75) is 25.3 Å². The van der Waals surface area contributed by atoms with Crippen LogP contribution in [0.3, 0.4) is 0 Å². The molecule has 0 saturated carbocycles. The van der Waals surface area contributed by atoms with Gasteiger partial charge in [0, 0.05) is 25.1 Å². The van der Waals surface area contributed by atoms with E-state index in [1.807, 2.05) is 53.4 Å². The summed E-state index contributed by atoms with van der Waals surface area (Å²) in [5.41, 5.74) is 1.62. The molecule has 3 rings (SSSR count). The lowest BCUT2D eigenvalue weighted by molar-refractivity contribution is -0.132. The van der Waals surface area contributed by atoms with Crippen molar-refractivity contribution in [1.29, 1.82) is 0 Å². The molecule has 0 radical (unpaired) electrons. The molecule has 0 unspecified atom stereocenters. The van der Waals surface area contributed by atoms with Crippen LogP contribution in [0.15, 0.2) is 60.7 Å². The fourth-order valence-electron chi connectivity index (χ4n) is 3.04. The van der Waals surface area contributed by atoms with Crippen LogP contribution < -0.4 is 5.32 Å². The van der Waals surface area contributed by atoms with Gasteiger partial charge in [-0.3, -0.25) is 9.59 Å². The van der Waals surface area contributed by atoms with Crippen molar-refractivity contribution in [3.8, 4) is 0 Å². The van der Waals surface area contributed by atoms with Gasteiger partial charge >= 0.3 is 0 Å². The molecule has 1 fully saturated rings.